The number of hydrogen-bond acceptors (Lipinski definition) is 2. The summed E-state index contributed by atoms with van der Waals surface area (Å²) >= 11 is 6.13. The molecule has 154 valence electrons. The van der Waals surface area contributed by atoms with Gasteiger partial charge in [0.2, 0.25) is 5.91 Å². The van der Waals surface area contributed by atoms with Crippen molar-refractivity contribution in [2.75, 3.05) is 26.2 Å². The van der Waals surface area contributed by atoms with Crippen LogP contribution in [-0.2, 0) is 11.2 Å². The quantitative estimate of drug-likeness (QED) is 0.311. The highest BCUT2D eigenvalue weighted by Gasteiger charge is 2.23. The molecule has 0 radical (unpaired) electrons. The van der Waals surface area contributed by atoms with Gasteiger partial charge in [0.15, 0.2) is 5.96 Å². The standard InChI is InChI=1S/C20H28ClN5O.HI/c1-2-23-20(26-9-3-4-14(13-26)10-19(22)27)24-8-7-15-12-25-18-6-5-16(21)11-17(15)18;/h5-6,11-12,14,25H,2-4,7-10,13H2,1H3,(H2,22,27)(H,23,24);1H. The molecule has 6 nitrogen and oxygen atoms in total. The number of halogens is 2. The van der Waals surface area contributed by atoms with Gasteiger partial charge in [-0.15, -0.1) is 24.0 Å². The largest absolute Gasteiger partial charge is 0.370 e. The number of aliphatic imine (C=N–C) groups is 1. The number of benzene rings is 1. The fourth-order valence-corrected chi connectivity index (χ4v) is 3.95. The van der Waals surface area contributed by atoms with Crippen molar-refractivity contribution < 1.29 is 4.79 Å². The van der Waals surface area contributed by atoms with E-state index in [0.717, 1.165) is 60.8 Å². The number of nitrogens with zero attached hydrogens (tertiary/aromatic N) is 2. The topological polar surface area (TPSA) is 86.5 Å². The van der Waals surface area contributed by atoms with Gasteiger partial charge >= 0.3 is 0 Å². The average Bonchev–Trinajstić information content (AvgIpc) is 3.03. The van der Waals surface area contributed by atoms with Crippen LogP contribution in [0.3, 0.4) is 0 Å². The lowest BCUT2D eigenvalue weighted by Crippen LogP contribution is -2.47. The zero-order valence-corrected chi connectivity index (χ0v) is 19.3. The van der Waals surface area contributed by atoms with Crippen LogP contribution in [0.25, 0.3) is 10.9 Å². The molecule has 1 aliphatic heterocycles. The molecule has 0 spiro atoms. The van der Waals surface area contributed by atoms with Crippen molar-refractivity contribution in [3.8, 4) is 0 Å². The van der Waals surface area contributed by atoms with Crippen LogP contribution in [0, 0.1) is 5.92 Å². The Morgan fingerprint density at radius 3 is 3.04 bits per heavy atom. The van der Waals surface area contributed by atoms with Gasteiger partial charge in [-0.2, -0.15) is 0 Å². The molecule has 3 rings (SSSR count). The van der Waals surface area contributed by atoms with Crippen molar-refractivity contribution in [2.24, 2.45) is 16.6 Å². The molecule has 1 saturated heterocycles. The number of fused-ring (bicyclic) bond motifs is 1. The second kappa shape index (κ2) is 10.9. The maximum absolute atomic E-state index is 11.2. The summed E-state index contributed by atoms with van der Waals surface area (Å²) in [7, 11) is 0. The molecule has 2 heterocycles. The first kappa shape index (κ1) is 22.8. The summed E-state index contributed by atoms with van der Waals surface area (Å²) < 4.78 is 0. The van der Waals surface area contributed by atoms with Gasteiger partial charge in [-0.1, -0.05) is 11.6 Å². The third-order valence-corrected chi connectivity index (χ3v) is 5.25. The van der Waals surface area contributed by atoms with E-state index in [-0.39, 0.29) is 29.9 Å². The molecule has 1 atom stereocenters. The summed E-state index contributed by atoms with van der Waals surface area (Å²) in [5.74, 6) is 1.02. The van der Waals surface area contributed by atoms with E-state index in [0.29, 0.717) is 18.9 Å². The van der Waals surface area contributed by atoms with Crippen LogP contribution in [0.1, 0.15) is 31.7 Å². The van der Waals surface area contributed by atoms with E-state index < -0.39 is 0 Å². The molecule has 0 aliphatic carbocycles. The predicted molar refractivity (Wildman–Crippen MR) is 127 cm³/mol. The number of nitrogens with two attached hydrogens (primary N) is 1. The normalized spacial score (nSPS) is 17.4. The number of hydrogen-bond donors (Lipinski definition) is 3. The smallest absolute Gasteiger partial charge is 0.217 e. The Labute approximate surface area is 188 Å². The molecule has 4 N–H and O–H groups in total. The van der Waals surface area contributed by atoms with Crippen LogP contribution >= 0.6 is 35.6 Å². The number of likely N-dealkylation sites (tertiary alicyclic amines) is 1. The number of rotatable bonds is 6. The number of aromatic amines is 1. The molecule has 1 aromatic heterocycles. The second-order valence-electron chi connectivity index (χ2n) is 7.11. The fraction of sp³-hybridized carbons (Fsp3) is 0.500. The number of primary amides is 1. The minimum absolute atomic E-state index is 0. The summed E-state index contributed by atoms with van der Waals surface area (Å²) in [6.07, 6.45) is 5.44. The summed E-state index contributed by atoms with van der Waals surface area (Å²) in [4.78, 5) is 21.6. The number of carbonyl (C=O) groups is 1. The first-order valence-electron chi connectivity index (χ1n) is 9.64. The Bertz CT molecular complexity index is 822. The van der Waals surface area contributed by atoms with Crippen molar-refractivity contribution in [1.82, 2.24) is 15.2 Å². The average molecular weight is 518 g/mol. The van der Waals surface area contributed by atoms with Crippen LogP contribution in [0.4, 0.5) is 0 Å². The molecule has 28 heavy (non-hydrogen) atoms. The highest BCUT2D eigenvalue weighted by atomic mass is 127. The Hall–Kier alpha value is -1.48. The number of piperidine rings is 1. The molecule has 0 saturated carbocycles. The van der Waals surface area contributed by atoms with Crippen LogP contribution in [0.15, 0.2) is 29.4 Å². The number of nitrogens with one attached hydrogen (secondary N) is 2. The van der Waals surface area contributed by atoms with Crippen LogP contribution in [0.5, 0.6) is 0 Å². The minimum atomic E-state index is -0.221. The van der Waals surface area contributed by atoms with Gasteiger partial charge in [0, 0.05) is 54.7 Å². The molecule has 1 aromatic carbocycles. The Kier molecular flexibility index (Phi) is 8.88. The SMILES string of the molecule is CCNC(=NCCc1c[nH]c2ccc(Cl)cc12)N1CCCC(CC(N)=O)C1.I. The summed E-state index contributed by atoms with van der Waals surface area (Å²) in [5.41, 5.74) is 7.69. The molecule has 1 aliphatic rings. The van der Waals surface area contributed by atoms with Crippen molar-refractivity contribution in [2.45, 2.75) is 32.6 Å². The van der Waals surface area contributed by atoms with E-state index in [1.165, 1.54) is 5.56 Å². The van der Waals surface area contributed by atoms with Crippen molar-refractivity contribution in [3.05, 3.63) is 35.0 Å². The van der Waals surface area contributed by atoms with Crippen molar-refractivity contribution in [1.29, 1.82) is 0 Å². The van der Waals surface area contributed by atoms with E-state index in [2.05, 4.69) is 22.1 Å². The zero-order chi connectivity index (χ0) is 19.2. The summed E-state index contributed by atoms with van der Waals surface area (Å²) in [5, 5.41) is 5.28. The minimum Gasteiger partial charge on any atom is -0.370 e. The molecule has 8 heteroatoms. The second-order valence-corrected chi connectivity index (χ2v) is 7.55. The highest BCUT2D eigenvalue weighted by molar-refractivity contribution is 14.0. The van der Waals surface area contributed by atoms with Crippen LogP contribution in [0.2, 0.25) is 5.02 Å². The summed E-state index contributed by atoms with van der Waals surface area (Å²) in [6.45, 7) is 5.38. The van der Waals surface area contributed by atoms with E-state index in [1.807, 2.05) is 24.4 Å². The van der Waals surface area contributed by atoms with Gasteiger partial charge in [-0.25, -0.2) is 0 Å². The number of carbonyl (C=O) groups excluding carboxylic acids is 1. The van der Waals surface area contributed by atoms with E-state index in [4.69, 9.17) is 22.3 Å². The molecule has 1 amide bonds. The predicted octanol–water partition coefficient (Wildman–Crippen LogP) is 3.53. The van der Waals surface area contributed by atoms with Gasteiger partial charge in [-0.3, -0.25) is 9.79 Å². The highest BCUT2D eigenvalue weighted by Crippen LogP contribution is 2.23. The third-order valence-electron chi connectivity index (χ3n) is 5.02. The Balaban J connectivity index is 0.00000280. The zero-order valence-electron chi connectivity index (χ0n) is 16.2. The molecular formula is C20H29ClIN5O. The lowest BCUT2D eigenvalue weighted by molar-refractivity contribution is -0.119. The Morgan fingerprint density at radius 2 is 2.29 bits per heavy atom. The maximum atomic E-state index is 11.2. The maximum Gasteiger partial charge on any atom is 0.217 e. The van der Waals surface area contributed by atoms with Gasteiger partial charge in [0.1, 0.15) is 0 Å². The first-order chi connectivity index (χ1) is 13.1. The third kappa shape index (κ3) is 6.01. The molecule has 1 unspecified atom stereocenters. The van der Waals surface area contributed by atoms with E-state index >= 15 is 0 Å². The van der Waals surface area contributed by atoms with Crippen molar-refractivity contribution in [3.63, 3.8) is 0 Å². The van der Waals surface area contributed by atoms with Gasteiger partial charge in [0.05, 0.1) is 0 Å². The summed E-state index contributed by atoms with van der Waals surface area (Å²) in [6, 6.07) is 5.89. The van der Waals surface area contributed by atoms with Gasteiger partial charge in [-0.05, 0) is 55.9 Å². The van der Waals surface area contributed by atoms with Gasteiger partial charge < -0.3 is 20.9 Å². The monoisotopic (exact) mass is 517 g/mol. The lowest BCUT2D eigenvalue weighted by atomic mass is 9.95. The van der Waals surface area contributed by atoms with Crippen LogP contribution in [-0.4, -0.2) is 47.9 Å². The molecule has 2 aromatic rings. The number of H-pyrrole nitrogens is 1. The fourth-order valence-electron chi connectivity index (χ4n) is 3.77. The first-order valence-corrected chi connectivity index (χ1v) is 10.0. The van der Waals surface area contributed by atoms with Gasteiger partial charge in [0.25, 0.3) is 0 Å². The Morgan fingerprint density at radius 1 is 1.46 bits per heavy atom. The van der Waals surface area contributed by atoms with E-state index in [9.17, 15) is 4.79 Å². The number of amides is 1. The number of aromatic nitrogens is 1. The number of guanidine groups is 1. The molecular weight excluding hydrogens is 489 g/mol. The van der Waals surface area contributed by atoms with Crippen molar-refractivity contribution >= 4 is 58.3 Å². The van der Waals surface area contributed by atoms with Crippen LogP contribution < -0.4 is 11.1 Å². The molecule has 0 bridgehead atoms. The van der Waals surface area contributed by atoms with E-state index in [1.54, 1.807) is 0 Å². The molecule has 1 fully saturated rings. The lowest BCUT2D eigenvalue weighted by Gasteiger charge is -2.34.